The normalized spacial score (nSPS) is 13.1. The van der Waals surface area contributed by atoms with Crippen molar-refractivity contribution in [3.05, 3.63) is 66.5 Å². The van der Waals surface area contributed by atoms with Crippen LogP contribution in [0.5, 0.6) is 5.75 Å². The lowest BCUT2D eigenvalue weighted by Crippen LogP contribution is -2.45. The zero-order valence-corrected chi connectivity index (χ0v) is 24.6. The number of hydrogen-bond acceptors (Lipinski definition) is 6. The molecule has 0 bridgehead atoms. The molecular formula is C32H41N5O4. The van der Waals surface area contributed by atoms with Gasteiger partial charge in [-0.05, 0) is 51.6 Å². The monoisotopic (exact) mass is 559 g/mol. The second-order valence-electron chi connectivity index (χ2n) is 9.50. The van der Waals surface area contributed by atoms with Crippen LogP contribution < -0.4 is 10.1 Å². The third-order valence-electron chi connectivity index (χ3n) is 6.72. The highest BCUT2D eigenvalue weighted by atomic mass is 16.5. The van der Waals surface area contributed by atoms with Crippen LogP contribution >= 0.6 is 0 Å². The highest BCUT2D eigenvalue weighted by Gasteiger charge is 2.25. The lowest BCUT2D eigenvalue weighted by molar-refractivity contribution is -0.128. The molecule has 3 aromatic rings. The van der Waals surface area contributed by atoms with Crippen molar-refractivity contribution in [3.63, 3.8) is 0 Å². The topological polar surface area (TPSA) is 99.8 Å². The molecule has 1 fully saturated rings. The summed E-state index contributed by atoms with van der Waals surface area (Å²) in [6.45, 7) is 7.31. The summed E-state index contributed by atoms with van der Waals surface area (Å²) in [6, 6.07) is 10.7. The van der Waals surface area contributed by atoms with Crippen LogP contribution in [0.3, 0.4) is 0 Å². The molecule has 0 aliphatic carbocycles. The van der Waals surface area contributed by atoms with E-state index < -0.39 is 6.09 Å². The first-order valence-corrected chi connectivity index (χ1v) is 13.3. The van der Waals surface area contributed by atoms with E-state index in [4.69, 9.17) is 4.74 Å². The van der Waals surface area contributed by atoms with Crippen molar-refractivity contribution in [1.82, 2.24) is 25.1 Å². The van der Waals surface area contributed by atoms with Gasteiger partial charge < -0.3 is 29.6 Å². The van der Waals surface area contributed by atoms with Gasteiger partial charge in [-0.2, -0.15) is 0 Å². The number of ether oxygens (including phenoxy) is 2. The lowest BCUT2D eigenvalue weighted by Gasteiger charge is -2.35. The van der Waals surface area contributed by atoms with Gasteiger partial charge in [-0.1, -0.05) is 36.9 Å². The Bertz CT molecular complexity index is 1350. The van der Waals surface area contributed by atoms with Gasteiger partial charge in [0, 0.05) is 53.6 Å². The number of carbonyl (C=O) groups is 2. The molecule has 2 N–H and O–H groups in total. The van der Waals surface area contributed by atoms with E-state index in [1.165, 1.54) is 7.11 Å². The molecule has 1 aromatic carbocycles. The number of para-hydroxylation sites is 1. The summed E-state index contributed by atoms with van der Waals surface area (Å²) in [6.07, 6.45) is 17.3. The molecule has 3 heterocycles. The fraction of sp³-hybridized carbons (Fsp3) is 0.344. The average Bonchev–Trinajstić information content (AvgIpc) is 3.44. The van der Waals surface area contributed by atoms with Gasteiger partial charge in [0.2, 0.25) is 0 Å². The quantitative estimate of drug-likeness (QED) is 0.313. The molecule has 0 radical (unpaired) electrons. The number of aromatic nitrogens is 2. The molecular weight excluding hydrogens is 518 g/mol. The Morgan fingerprint density at radius 1 is 1.20 bits per heavy atom. The van der Waals surface area contributed by atoms with E-state index in [-0.39, 0.29) is 12.5 Å². The fourth-order valence-electron chi connectivity index (χ4n) is 4.53. The lowest BCUT2D eigenvalue weighted by atomic mass is 10.0. The number of allylic oxidation sites excluding steroid dienone is 1. The number of amides is 2. The number of alkyl carbamates (subject to hydrolysis) is 1. The van der Waals surface area contributed by atoms with Crippen molar-refractivity contribution in [2.24, 2.45) is 0 Å². The molecule has 1 aliphatic heterocycles. The Morgan fingerprint density at radius 2 is 1.88 bits per heavy atom. The summed E-state index contributed by atoms with van der Waals surface area (Å²) >= 11 is 0. The summed E-state index contributed by atoms with van der Waals surface area (Å²) in [7, 11) is 7.09. The first kappa shape index (κ1) is 32.7. The summed E-state index contributed by atoms with van der Waals surface area (Å²) in [5.74, 6) is 0.776. The van der Waals surface area contributed by atoms with Gasteiger partial charge >= 0.3 is 6.09 Å². The molecule has 4 rings (SSSR count). The van der Waals surface area contributed by atoms with Gasteiger partial charge in [-0.25, -0.2) is 9.78 Å². The molecule has 2 aromatic heterocycles. The first-order chi connectivity index (χ1) is 19.8. The Labute approximate surface area is 243 Å². The maximum Gasteiger partial charge on any atom is 0.407 e. The fourth-order valence-corrected chi connectivity index (χ4v) is 4.53. The zero-order chi connectivity index (χ0) is 30.4. The van der Waals surface area contributed by atoms with Crippen molar-refractivity contribution in [3.8, 4) is 29.7 Å². The Morgan fingerprint density at radius 3 is 2.49 bits per heavy atom. The largest absolute Gasteiger partial charge is 0.496 e. The number of carbonyl (C=O) groups excluding carboxylic acids is 2. The summed E-state index contributed by atoms with van der Waals surface area (Å²) in [4.78, 5) is 34.7. The van der Waals surface area contributed by atoms with Gasteiger partial charge in [0.25, 0.3) is 5.91 Å². The molecule has 9 nitrogen and oxygen atoms in total. The maximum atomic E-state index is 12.1. The van der Waals surface area contributed by atoms with Gasteiger partial charge in [-0.3, -0.25) is 4.79 Å². The van der Waals surface area contributed by atoms with E-state index in [1.807, 2.05) is 49.7 Å². The number of methoxy groups -OCH3 is 2. The molecule has 41 heavy (non-hydrogen) atoms. The molecule has 0 unspecified atom stereocenters. The minimum absolute atomic E-state index is 0.0893. The van der Waals surface area contributed by atoms with Crippen molar-refractivity contribution in [2.75, 3.05) is 47.9 Å². The molecule has 0 atom stereocenters. The number of benzene rings is 1. The van der Waals surface area contributed by atoms with Crippen LogP contribution in [0.25, 0.3) is 28.2 Å². The van der Waals surface area contributed by atoms with Crippen LogP contribution in [0, 0.1) is 12.8 Å². The first-order valence-electron chi connectivity index (χ1n) is 13.3. The zero-order valence-electron chi connectivity index (χ0n) is 24.6. The van der Waals surface area contributed by atoms with Gasteiger partial charge in [-0.15, -0.1) is 12.8 Å². The minimum atomic E-state index is -0.555. The van der Waals surface area contributed by atoms with Gasteiger partial charge in [0.15, 0.2) is 0 Å². The van der Waals surface area contributed by atoms with E-state index in [2.05, 4.69) is 70.6 Å². The van der Waals surface area contributed by atoms with E-state index in [1.54, 1.807) is 12.0 Å². The second kappa shape index (κ2) is 16.5. The van der Waals surface area contributed by atoms with Crippen molar-refractivity contribution < 1.29 is 19.1 Å². The number of pyridine rings is 1. The highest BCUT2D eigenvalue weighted by molar-refractivity contribution is 5.96. The second-order valence-corrected chi connectivity index (χ2v) is 9.50. The molecule has 218 valence electrons. The van der Waals surface area contributed by atoms with Crippen molar-refractivity contribution in [1.29, 1.82) is 0 Å². The molecule has 2 amide bonds. The summed E-state index contributed by atoms with van der Waals surface area (Å²) < 4.78 is 9.89. The predicted molar refractivity (Wildman–Crippen MR) is 166 cm³/mol. The smallest absolute Gasteiger partial charge is 0.407 e. The van der Waals surface area contributed by atoms with E-state index in [9.17, 15) is 9.59 Å². The van der Waals surface area contributed by atoms with Gasteiger partial charge in [0.05, 0.1) is 20.8 Å². The number of hydrogen-bond donors (Lipinski definition) is 2. The molecule has 1 saturated heterocycles. The maximum absolute atomic E-state index is 12.1. The number of H-pyrrole nitrogens is 1. The van der Waals surface area contributed by atoms with E-state index in [0.717, 1.165) is 59.4 Å². The standard InChI is InChI=1S/C17H16N2O.C13H23N3O3.C2H2/c1-3-6-12-9-14-15(11-19-17(14)18-10-12)13-7-4-5-8-16(13)20-2;1-10(9-14-13(18)19-4)12(17)16-7-5-11(6-8-16)15(2)3;1-2/h3-11H,1-2H3,(H,18,19);11H,1,5-9H2,2-4H3,(H,14,18);1-2H/b6-3+;;. The molecule has 1 aliphatic rings. The number of aromatic amines is 1. The predicted octanol–water partition coefficient (Wildman–Crippen LogP) is 4.97. The van der Waals surface area contributed by atoms with Crippen LogP contribution in [0.4, 0.5) is 4.79 Å². The molecule has 9 heteroatoms. The van der Waals surface area contributed by atoms with Crippen LogP contribution in [0.15, 0.2) is 61.0 Å². The minimum Gasteiger partial charge on any atom is -0.496 e. The SMILES string of the molecule is C#C.C/C=C/c1cnc2[nH]cc(-c3ccccc3OC)c2c1.C=C(CNC(=O)OC)C(=O)N1CCC(N(C)C)CC1. The van der Waals surface area contributed by atoms with E-state index >= 15 is 0 Å². The van der Waals surface area contributed by atoms with Gasteiger partial charge in [0.1, 0.15) is 11.4 Å². The Hall–Kier alpha value is -4.55. The summed E-state index contributed by atoms with van der Waals surface area (Å²) in [5, 5.41) is 3.56. The molecule has 0 spiro atoms. The molecule has 0 saturated carbocycles. The summed E-state index contributed by atoms with van der Waals surface area (Å²) in [5.41, 5.74) is 4.54. The van der Waals surface area contributed by atoms with Crippen LogP contribution in [-0.4, -0.2) is 85.8 Å². The number of fused-ring (bicyclic) bond motifs is 1. The number of likely N-dealkylation sites (tertiary alicyclic amines) is 1. The highest BCUT2D eigenvalue weighted by Crippen LogP contribution is 2.34. The Kier molecular flexibility index (Phi) is 13.2. The third kappa shape index (κ3) is 8.98. The van der Waals surface area contributed by atoms with E-state index in [0.29, 0.717) is 11.6 Å². The van der Waals surface area contributed by atoms with Crippen LogP contribution in [-0.2, 0) is 9.53 Å². The van der Waals surface area contributed by atoms with Crippen molar-refractivity contribution in [2.45, 2.75) is 25.8 Å². The van der Waals surface area contributed by atoms with Crippen molar-refractivity contribution >= 4 is 29.1 Å². The number of piperidine rings is 1. The third-order valence-corrected chi connectivity index (χ3v) is 6.72. The van der Waals surface area contributed by atoms with Crippen LogP contribution in [0.1, 0.15) is 25.3 Å². The average molecular weight is 560 g/mol. The number of terminal acetylenes is 1. The number of nitrogens with zero attached hydrogens (tertiary/aromatic N) is 3. The Balaban J connectivity index is 0.000000271. The number of nitrogens with one attached hydrogen (secondary N) is 2. The number of rotatable bonds is 7. The van der Waals surface area contributed by atoms with Crippen LogP contribution in [0.2, 0.25) is 0 Å².